The molecule has 0 unspecified atom stereocenters. The number of nitrogens with one attached hydrogen (secondary N) is 1. The monoisotopic (exact) mass is 219 g/mol. The SMILES string of the molecule is CC(C)CNCc1cccc(CC(C)C)c1. The predicted octanol–water partition coefficient (Wildman–Crippen LogP) is 3.63. The lowest BCUT2D eigenvalue weighted by molar-refractivity contribution is 0.552. The molecule has 0 aromatic heterocycles. The van der Waals surface area contributed by atoms with Crippen molar-refractivity contribution < 1.29 is 0 Å². The van der Waals surface area contributed by atoms with Crippen molar-refractivity contribution in [3.63, 3.8) is 0 Å². The Morgan fingerprint density at radius 1 is 1.00 bits per heavy atom. The third-order valence-electron chi connectivity index (χ3n) is 2.52. The van der Waals surface area contributed by atoms with Crippen LogP contribution in [0.1, 0.15) is 38.8 Å². The molecule has 0 atom stereocenters. The lowest BCUT2D eigenvalue weighted by atomic mass is 10.0. The van der Waals surface area contributed by atoms with E-state index in [-0.39, 0.29) is 0 Å². The summed E-state index contributed by atoms with van der Waals surface area (Å²) in [4.78, 5) is 0. The van der Waals surface area contributed by atoms with Crippen LogP contribution in [-0.2, 0) is 13.0 Å². The molecule has 90 valence electrons. The van der Waals surface area contributed by atoms with Crippen molar-refractivity contribution in [1.29, 1.82) is 0 Å². The van der Waals surface area contributed by atoms with Crippen molar-refractivity contribution in [1.82, 2.24) is 5.32 Å². The molecular formula is C15H25N. The molecule has 1 aromatic carbocycles. The van der Waals surface area contributed by atoms with E-state index in [1.807, 2.05) is 0 Å². The maximum atomic E-state index is 3.48. The van der Waals surface area contributed by atoms with Crippen LogP contribution >= 0.6 is 0 Å². The second kappa shape index (κ2) is 6.70. The average Bonchev–Trinajstić information content (AvgIpc) is 2.16. The summed E-state index contributed by atoms with van der Waals surface area (Å²) in [5.41, 5.74) is 2.86. The maximum absolute atomic E-state index is 3.48. The molecule has 16 heavy (non-hydrogen) atoms. The quantitative estimate of drug-likeness (QED) is 0.770. The Bertz CT molecular complexity index is 302. The first-order valence-corrected chi connectivity index (χ1v) is 6.36. The van der Waals surface area contributed by atoms with Gasteiger partial charge in [-0.1, -0.05) is 52.0 Å². The van der Waals surface area contributed by atoms with Gasteiger partial charge in [0.25, 0.3) is 0 Å². The van der Waals surface area contributed by atoms with E-state index in [9.17, 15) is 0 Å². The van der Waals surface area contributed by atoms with Gasteiger partial charge in [-0.25, -0.2) is 0 Å². The molecule has 1 rings (SSSR count). The zero-order valence-electron chi connectivity index (χ0n) is 11.1. The largest absolute Gasteiger partial charge is 0.312 e. The molecule has 0 bridgehead atoms. The van der Waals surface area contributed by atoms with Crippen LogP contribution in [0.15, 0.2) is 24.3 Å². The van der Waals surface area contributed by atoms with Crippen LogP contribution in [0, 0.1) is 11.8 Å². The third-order valence-corrected chi connectivity index (χ3v) is 2.52. The van der Waals surface area contributed by atoms with Gasteiger partial charge in [0.05, 0.1) is 0 Å². The molecule has 0 saturated carbocycles. The maximum Gasteiger partial charge on any atom is 0.0205 e. The summed E-state index contributed by atoms with van der Waals surface area (Å²) in [6.45, 7) is 11.1. The van der Waals surface area contributed by atoms with Gasteiger partial charge >= 0.3 is 0 Å². The van der Waals surface area contributed by atoms with Gasteiger partial charge in [-0.2, -0.15) is 0 Å². The number of hydrogen-bond acceptors (Lipinski definition) is 1. The molecule has 0 aliphatic rings. The molecule has 0 amide bonds. The van der Waals surface area contributed by atoms with E-state index in [4.69, 9.17) is 0 Å². The van der Waals surface area contributed by atoms with Crippen LogP contribution in [0.3, 0.4) is 0 Å². The van der Waals surface area contributed by atoms with Crippen molar-refractivity contribution in [3.05, 3.63) is 35.4 Å². The zero-order valence-corrected chi connectivity index (χ0v) is 11.1. The van der Waals surface area contributed by atoms with Gasteiger partial charge in [0.2, 0.25) is 0 Å². The zero-order chi connectivity index (χ0) is 12.0. The van der Waals surface area contributed by atoms with Gasteiger partial charge in [0, 0.05) is 6.54 Å². The summed E-state index contributed by atoms with van der Waals surface area (Å²) < 4.78 is 0. The first-order valence-electron chi connectivity index (χ1n) is 6.36. The van der Waals surface area contributed by atoms with E-state index in [1.165, 1.54) is 17.5 Å². The molecule has 0 spiro atoms. The molecule has 0 heterocycles. The molecule has 0 saturated heterocycles. The third kappa shape index (κ3) is 5.32. The van der Waals surface area contributed by atoms with Crippen molar-refractivity contribution in [2.24, 2.45) is 11.8 Å². The van der Waals surface area contributed by atoms with E-state index >= 15 is 0 Å². The minimum atomic E-state index is 0.721. The van der Waals surface area contributed by atoms with Crippen LogP contribution in [0.25, 0.3) is 0 Å². The summed E-state index contributed by atoms with van der Waals surface area (Å²) in [5, 5.41) is 3.48. The van der Waals surface area contributed by atoms with Crippen molar-refractivity contribution in [2.45, 2.75) is 40.7 Å². The summed E-state index contributed by atoms with van der Waals surface area (Å²) >= 11 is 0. The van der Waals surface area contributed by atoms with E-state index < -0.39 is 0 Å². The fourth-order valence-corrected chi connectivity index (χ4v) is 1.84. The second-order valence-electron chi connectivity index (χ2n) is 5.44. The van der Waals surface area contributed by atoms with E-state index in [1.54, 1.807) is 0 Å². The highest BCUT2D eigenvalue weighted by Gasteiger charge is 1.99. The van der Waals surface area contributed by atoms with Crippen LogP contribution < -0.4 is 5.32 Å². The lowest BCUT2D eigenvalue weighted by Crippen LogP contribution is -2.19. The summed E-state index contributed by atoms with van der Waals surface area (Å²) in [7, 11) is 0. The highest BCUT2D eigenvalue weighted by Crippen LogP contribution is 2.10. The van der Waals surface area contributed by atoms with Crippen molar-refractivity contribution >= 4 is 0 Å². The number of benzene rings is 1. The fraction of sp³-hybridized carbons (Fsp3) is 0.600. The van der Waals surface area contributed by atoms with Gasteiger partial charge in [-0.05, 0) is 35.9 Å². The number of rotatable bonds is 6. The normalized spacial score (nSPS) is 11.4. The minimum Gasteiger partial charge on any atom is -0.312 e. The average molecular weight is 219 g/mol. The standard InChI is InChI=1S/C15H25N/c1-12(2)8-14-6-5-7-15(9-14)11-16-10-13(3)4/h5-7,9,12-13,16H,8,10-11H2,1-4H3. The first kappa shape index (κ1) is 13.2. The van der Waals surface area contributed by atoms with Gasteiger partial charge in [-0.15, -0.1) is 0 Å². The Labute approximate surface area is 100 Å². The van der Waals surface area contributed by atoms with Crippen molar-refractivity contribution in [2.75, 3.05) is 6.54 Å². The summed E-state index contributed by atoms with van der Waals surface area (Å²) in [5.74, 6) is 1.46. The second-order valence-corrected chi connectivity index (χ2v) is 5.44. The van der Waals surface area contributed by atoms with E-state index in [0.29, 0.717) is 0 Å². The lowest BCUT2D eigenvalue weighted by Gasteiger charge is -2.10. The Balaban J connectivity index is 2.47. The van der Waals surface area contributed by atoms with Gasteiger partial charge < -0.3 is 5.32 Å². The van der Waals surface area contributed by atoms with Crippen LogP contribution in [0.5, 0.6) is 0 Å². The van der Waals surface area contributed by atoms with Gasteiger partial charge in [-0.3, -0.25) is 0 Å². The Morgan fingerprint density at radius 3 is 2.31 bits per heavy atom. The van der Waals surface area contributed by atoms with Gasteiger partial charge in [0.1, 0.15) is 0 Å². The predicted molar refractivity (Wildman–Crippen MR) is 71.5 cm³/mol. The topological polar surface area (TPSA) is 12.0 Å². The van der Waals surface area contributed by atoms with E-state index in [0.717, 1.165) is 24.9 Å². The molecular weight excluding hydrogens is 194 g/mol. The highest BCUT2D eigenvalue weighted by atomic mass is 14.8. The molecule has 0 fully saturated rings. The van der Waals surface area contributed by atoms with Crippen LogP contribution in [0.4, 0.5) is 0 Å². The van der Waals surface area contributed by atoms with E-state index in [2.05, 4.69) is 57.3 Å². The molecule has 0 radical (unpaired) electrons. The Kier molecular flexibility index (Phi) is 5.54. The molecule has 0 aliphatic carbocycles. The molecule has 1 heteroatoms. The van der Waals surface area contributed by atoms with Gasteiger partial charge in [0.15, 0.2) is 0 Å². The molecule has 0 aliphatic heterocycles. The summed E-state index contributed by atoms with van der Waals surface area (Å²) in [6, 6.07) is 8.93. The molecule has 1 nitrogen and oxygen atoms in total. The molecule has 1 N–H and O–H groups in total. The fourth-order valence-electron chi connectivity index (χ4n) is 1.84. The van der Waals surface area contributed by atoms with Crippen LogP contribution in [0.2, 0.25) is 0 Å². The molecule has 1 aromatic rings. The first-order chi connectivity index (χ1) is 7.58. The summed E-state index contributed by atoms with van der Waals surface area (Å²) in [6.07, 6.45) is 1.18. The highest BCUT2D eigenvalue weighted by molar-refractivity contribution is 5.23. The van der Waals surface area contributed by atoms with Crippen LogP contribution in [-0.4, -0.2) is 6.54 Å². The number of hydrogen-bond donors (Lipinski definition) is 1. The smallest absolute Gasteiger partial charge is 0.0205 e. The minimum absolute atomic E-state index is 0.721. The Morgan fingerprint density at radius 2 is 1.69 bits per heavy atom. The Hall–Kier alpha value is -0.820. The van der Waals surface area contributed by atoms with Crippen molar-refractivity contribution in [3.8, 4) is 0 Å².